The van der Waals surface area contributed by atoms with Gasteiger partial charge in [0.15, 0.2) is 9.84 Å². The third-order valence-corrected chi connectivity index (χ3v) is 6.07. The predicted molar refractivity (Wildman–Crippen MR) is 93.6 cm³/mol. The Bertz CT molecular complexity index is 711. The number of hydrogen-bond donors (Lipinski definition) is 1. The molecule has 0 aromatic heterocycles. The molecule has 0 bridgehead atoms. The molecule has 2 rings (SSSR count). The first-order valence-corrected chi connectivity index (χ1v) is 9.86. The summed E-state index contributed by atoms with van der Waals surface area (Å²) in [5.41, 5.74) is 1.81. The molecule has 132 valence electrons. The van der Waals surface area contributed by atoms with Crippen LogP contribution in [0.3, 0.4) is 0 Å². The van der Waals surface area contributed by atoms with Gasteiger partial charge in [0.05, 0.1) is 11.5 Å². The van der Waals surface area contributed by atoms with E-state index in [4.69, 9.17) is 0 Å². The number of amides is 2. The van der Waals surface area contributed by atoms with Gasteiger partial charge in [-0.15, -0.1) is 0 Å². The van der Waals surface area contributed by atoms with Crippen LogP contribution in [-0.4, -0.2) is 49.7 Å². The van der Waals surface area contributed by atoms with Crippen LogP contribution in [0, 0.1) is 0 Å². The quantitative estimate of drug-likeness (QED) is 0.819. The number of carbonyl (C=O) groups excluding carboxylic acids is 2. The summed E-state index contributed by atoms with van der Waals surface area (Å²) in [5.74, 6) is -0.275. The van der Waals surface area contributed by atoms with Gasteiger partial charge >= 0.3 is 0 Å². The van der Waals surface area contributed by atoms with Crippen LogP contribution >= 0.6 is 0 Å². The minimum Gasteiger partial charge on any atom is -0.341 e. The van der Waals surface area contributed by atoms with Crippen LogP contribution in [0.2, 0.25) is 0 Å². The van der Waals surface area contributed by atoms with E-state index in [0.717, 1.165) is 0 Å². The minimum atomic E-state index is -3.06. The third-order valence-electron chi connectivity index (χ3n) is 4.32. The smallest absolute Gasteiger partial charge is 0.233 e. The van der Waals surface area contributed by atoms with Crippen LogP contribution < -0.4 is 5.32 Å². The van der Waals surface area contributed by atoms with Gasteiger partial charge in [0.1, 0.15) is 6.42 Å². The van der Waals surface area contributed by atoms with E-state index < -0.39 is 15.7 Å². The number of anilines is 1. The van der Waals surface area contributed by atoms with E-state index in [1.165, 1.54) is 10.5 Å². The average molecular weight is 352 g/mol. The fourth-order valence-electron chi connectivity index (χ4n) is 2.70. The molecule has 0 radical (unpaired) electrons. The summed E-state index contributed by atoms with van der Waals surface area (Å²) in [6.45, 7) is 4.18. The van der Waals surface area contributed by atoms with Gasteiger partial charge in [0.25, 0.3) is 0 Å². The summed E-state index contributed by atoms with van der Waals surface area (Å²) < 4.78 is 23.0. The number of hydrogen-bond acceptors (Lipinski definition) is 4. The molecule has 1 fully saturated rings. The van der Waals surface area contributed by atoms with Gasteiger partial charge in [-0.2, -0.15) is 0 Å². The largest absolute Gasteiger partial charge is 0.341 e. The second-order valence-electron chi connectivity index (χ2n) is 6.56. The van der Waals surface area contributed by atoms with Crippen molar-refractivity contribution in [2.75, 3.05) is 23.9 Å². The fraction of sp³-hybridized carbons (Fsp3) is 0.529. The molecule has 24 heavy (non-hydrogen) atoms. The Balaban J connectivity index is 1.88. The number of sulfone groups is 1. The number of rotatable bonds is 5. The zero-order valence-electron chi connectivity index (χ0n) is 14.3. The molecule has 1 atom stereocenters. The zero-order valence-corrected chi connectivity index (χ0v) is 15.1. The predicted octanol–water partition coefficient (Wildman–Crippen LogP) is 1.78. The number of nitrogens with one attached hydrogen (secondary N) is 1. The van der Waals surface area contributed by atoms with E-state index in [1.807, 2.05) is 24.3 Å². The summed E-state index contributed by atoms with van der Waals surface area (Å²) in [7, 11) is -1.50. The Kier molecular flexibility index (Phi) is 5.64. The fourth-order valence-corrected chi connectivity index (χ4v) is 4.48. The Labute approximate surface area is 143 Å². The molecule has 0 saturated carbocycles. The van der Waals surface area contributed by atoms with Crippen LogP contribution in [0.5, 0.6) is 0 Å². The maximum Gasteiger partial charge on any atom is 0.233 e. The van der Waals surface area contributed by atoms with E-state index in [-0.39, 0.29) is 29.9 Å². The van der Waals surface area contributed by atoms with Crippen LogP contribution in [0.4, 0.5) is 5.69 Å². The van der Waals surface area contributed by atoms with Crippen molar-refractivity contribution < 1.29 is 18.0 Å². The lowest BCUT2D eigenvalue weighted by molar-refractivity contribution is -0.134. The molecule has 1 N–H and O–H groups in total. The van der Waals surface area contributed by atoms with Gasteiger partial charge < -0.3 is 10.2 Å². The Morgan fingerprint density at radius 2 is 1.88 bits per heavy atom. The number of nitrogens with zero attached hydrogens (tertiary/aromatic N) is 1. The number of carbonyl (C=O) groups is 2. The molecule has 1 aromatic carbocycles. The van der Waals surface area contributed by atoms with Crippen LogP contribution in [0.25, 0.3) is 0 Å². The Morgan fingerprint density at radius 1 is 1.25 bits per heavy atom. The van der Waals surface area contributed by atoms with Crippen LogP contribution in [-0.2, 0) is 19.4 Å². The molecule has 1 aliphatic heterocycles. The van der Waals surface area contributed by atoms with Gasteiger partial charge in [-0.25, -0.2) is 8.42 Å². The van der Waals surface area contributed by atoms with Crippen molar-refractivity contribution in [2.45, 2.75) is 38.6 Å². The summed E-state index contributed by atoms with van der Waals surface area (Å²) in [5, 5.41) is 2.70. The molecule has 1 unspecified atom stereocenters. The molecule has 2 amide bonds. The SMILES string of the molecule is CC(C)c1ccc(NC(=O)CC(=O)N(C)C2CCS(=O)(=O)C2)cc1. The van der Waals surface area contributed by atoms with E-state index >= 15 is 0 Å². The topological polar surface area (TPSA) is 83.6 Å². The molecule has 0 spiro atoms. The lowest BCUT2D eigenvalue weighted by Crippen LogP contribution is -2.39. The Hall–Kier alpha value is -1.89. The minimum absolute atomic E-state index is 0.0203. The first kappa shape index (κ1) is 18.4. The van der Waals surface area contributed by atoms with Gasteiger partial charge in [-0.1, -0.05) is 26.0 Å². The van der Waals surface area contributed by atoms with Crippen molar-refractivity contribution in [3.63, 3.8) is 0 Å². The molecular weight excluding hydrogens is 328 g/mol. The summed E-state index contributed by atoms with van der Waals surface area (Å²) in [6, 6.07) is 7.17. The second-order valence-corrected chi connectivity index (χ2v) is 8.79. The third kappa shape index (κ3) is 4.80. The molecular formula is C17H24N2O4S. The molecule has 7 heteroatoms. The van der Waals surface area contributed by atoms with E-state index in [2.05, 4.69) is 19.2 Å². The van der Waals surface area contributed by atoms with Gasteiger partial charge in [0.2, 0.25) is 11.8 Å². The number of benzene rings is 1. The van der Waals surface area contributed by atoms with Crippen molar-refractivity contribution in [3.05, 3.63) is 29.8 Å². The van der Waals surface area contributed by atoms with Crippen molar-refractivity contribution in [2.24, 2.45) is 0 Å². The lowest BCUT2D eigenvalue weighted by atomic mass is 10.0. The van der Waals surface area contributed by atoms with Crippen LogP contribution in [0.1, 0.15) is 38.2 Å². The normalized spacial score (nSPS) is 19.2. The molecule has 1 saturated heterocycles. The zero-order chi connectivity index (χ0) is 17.9. The van der Waals surface area contributed by atoms with Crippen molar-refractivity contribution >= 4 is 27.3 Å². The maximum absolute atomic E-state index is 12.2. The maximum atomic E-state index is 12.2. The first-order valence-electron chi connectivity index (χ1n) is 8.04. The van der Waals surface area contributed by atoms with Gasteiger partial charge in [0, 0.05) is 18.8 Å². The van der Waals surface area contributed by atoms with Gasteiger partial charge in [-0.05, 0) is 30.0 Å². The van der Waals surface area contributed by atoms with Crippen molar-refractivity contribution in [1.82, 2.24) is 4.90 Å². The first-order chi connectivity index (χ1) is 11.2. The van der Waals surface area contributed by atoms with E-state index in [9.17, 15) is 18.0 Å². The molecule has 6 nitrogen and oxygen atoms in total. The molecule has 1 aliphatic rings. The average Bonchev–Trinajstić information content (AvgIpc) is 2.86. The Morgan fingerprint density at radius 3 is 2.38 bits per heavy atom. The summed E-state index contributed by atoms with van der Waals surface area (Å²) >= 11 is 0. The molecule has 0 aliphatic carbocycles. The van der Waals surface area contributed by atoms with Gasteiger partial charge in [-0.3, -0.25) is 9.59 Å². The lowest BCUT2D eigenvalue weighted by Gasteiger charge is -2.23. The highest BCUT2D eigenvalue weighted by Crippen LogP contribution is 2.19. The monoisotopic (exact) mass is 352 g/mol. The van der Waals surface area contributed by atoms with Crippen LogP contribution in [0.15, 0.2) is 24.3 Å². The van der Waals surface area contributed by atoms with Crippen molar-refractivity contribution in [1.29, 1.82) is 0 Å². The standard InChI is InChI=1S/C17H24N2O4S/c1-12(2)13-4-6-14(7-5-13)18-16(20)10-17(21)19(3)15-8-9-24(22,23)11-15/h4-7,12,15H,8-11H2,1-3H3,(H,18,20). The van der Waals surface area contributed by atoms with Crippen molar-refractivity contribution in [3.8, 4) is 0 Å². The summed E-state index contributed by atoms with van der Waals surface area (Å²) in [4.78, 5) is 25.5. The van der Waals surface area contributed by atoms with E-state index in [1.54, 1.807) is 7.05 Å². The van der Waals surface area contributed by atoms with E-state index in [0.29, 0.717) is 18.0 Å². The molecule has 1 aromatic rings. The molecule has 1 heterocycles. The highest BCUT2D eigenvalue weighted by atomic mass is 32.2. The second kappa shape index (κ2) is 7.34. The highest BCUT2D eigenvalue weighted by molar-refractivity contribution is 7.91. The summed E-state index contributed by atoms with van der Waals surface area (Å²) in [6.07, 6.45) is 0.141. The highest BCUT2D eigenvalue weighted by Gasteiger charge is 2.33.